The fourth-order valence-corrected chi connectivity index (χ4v) is 1.83. The topological polar surface area (TPSA) is 74.4 Å². The third-order valence-corrected chi connectivity index (χ3v) is 2.72. The van der Waals surface area contributed by atoms with Gasteiger partial charge in [-0.3, -0.25) is 4.79 Å². The predicted octanol–water partition coefficient (Wildman–Crippen LogP) is 2.28. The summed E-state index contributed by atoms with van der Waals surface area (Å²) in [4.78, 5) is 10.6. The maximum Gasteiger partial charge on any atom is 0.303 e. The average Bonchev–Trinajstić information content (AvgIpc) is 2.77. The lowest BCUT2D eigenvalue weighted by atomic mass is 9.88. The quantitative estimate of drug-likeness (QED) is 0.844. The van der Waals surface area contributed by atoms with Crippen LogP contribution in [0.3, 0.4) is 0 Å². The number of rotatable bonds is 5. The van der Waals surface area contributed by atoms with E-state index in [-0.39, 0.29) is 6.42 Å². The SMILES string of the molecule is O=C(O)CCC1(Cc2ccccc2)C=NN=N1. The molecule has 0 aromatic heterocycles. The number of carbonyl (C=O) groups is 1. The molecule has 17 heavy (non-hydrogen) atoms. The van der Waals surface area contributed by atoms with Gasteiger partial charge in [0, 0.05) is 12.8 Å². The minimum Gasteiger partial charge on any atom is -0.481 e. The van der Waals surface area contributed by atoms with Crippen LogP contribution in [0.1, 0.15) is 18.4 Å². The summed E-state index contributed by atoms with van der Waals surface area (Å²) in [7, 11) is 0. The predicted molar refractivity (Wildman–Crippen MR) is 63.1 cm³/mol. The van der Waals surface area contributed by atoms with E-state index in [0.717, 1.165) is 5.56 Å². The highest BCUT2D eigenvalue weighted by Crippen LogP contribution is 2.25. The fraction of sp³-hybridized carbons (Fsp3) is 0.333. The second-order valence-electron chi connectivity index (χ2n) is 4.09. The molecule has 1 atom stereocenters. The molecule has 5 nitrogen and oxygen atoms in total. The molecule has 1 aliphatic heterocycles. The maximum absolute atomic E-state index is 10.6. The standard InChI is InChI=1S/C12H13N3O2/c16-11(17)6-7-12(9-13-15-14-12)8-10-4-2-1-3-5-10/h1-5,9H,6-8H2,(H,16,17). The lowest BCUT2D eigenvalue weighted by Gasteiger charge is -2.20. The summed E-state index contributed by atoms with van der Waals surface area (Å²) in [6.07, 6.45) is 2.76. The highest BCUT2D eigenvalue weighted by molar-refractivity contribution is 5.74. The van der Waals surface area contributed by atoms with Gasteiger partial charge in [0.15, 0.2) is 0 Å². The molecule has 1 aliphatic rings. The molecule has 2 rings (SSSR count). The molecule has 0 saturated carbocycles. The second-order valence-corrected chi connectivity index (χ2v) is 4.09. The number of nitrogens with zero attached hydrogens (tertiary/aromatic N) is 3. The number of carboxylic acids is 1. The van der Waals surface area contributed by atoms with Gasteiger partial charge in [-0.1, -0.05) is 30.3 Å². The van der Waals surface area contributed by atoms with Crippen LogP contribution in [0, 0.1) is 0 Å². The molecule has 0 radical (unpaired) electrons. The van der Waals surface area contributed by atoms with Gasteiger partial charge in [0.2, 0.25) is 0 Å². The average molecular weight is 231 g/mol. The lowest BCUT2D eigenvalue weighted by Crippen LogP contribution is -2.30. The minimum absolute atomic E-state index is 0.0673. The first-order chi connectivity index (χ1) is 8.20. The van der Waals surface area contributed by atoms with Crippen LogP contribution >= 0.6 is 0 Å². The van der Waals surface area contributed by atoms with E-state index in [4.69, 9.17) is 5.11 Å². The van der Waals surface area contributed by atoms with Crippen LogP contribution in [0.4, 0.5) is 0 Å². The maximum atomic E-state index is 10.6. The van der Waals surface area contributed by atoms with Gasteiger partial charge in [0.1, 0.15) is 5.54 Å². The van der Waals surface area contributed by atoms with E-state index in [1.165, 1.54) is 0 Å². The van der Waals surface area contributed by atoms with Gasteiger partial charge in [-0.15, -0.1) is 5.10 Å². The van der Waals surface area contributed by atoms with Gasteiger partial charge in [0.05, 0.1) is 6.21 Å². The summed E-state index contributed by atoms with van der Waals surface area (Å²) in [5.41, 5.74) is 0.518. The molecule has 88 valence electrons. The molecule has 1 aromatic rings. The first-order valence-corrected chi connectivity index (χ1v) is 5.42. The molecule has 1 unspecified atom stereocenters. The molecule has 0 amide bonds. The van der Waals surface area contributed by atoms with Gasteiger partial charge < -0.3 is 5.11 Å². The van der Waals surface area contributed by atoms with E-state index in [2.05, 4.69) is 15.4 Å². The minimum atomic E-state index is -0.826. The number of benzene rings is 1. The Kier molecular flexibility index (Phi) is 3.27. The molecule has 0 saturated heterocycles. The van der Waals surface area contributed by atoms with E-state index < -0.39 is 11.5 Å². The van der Waals surface area contributed by atoms with Crippen molar-refractivity contribution in [2.75, 3.05) is 0 Å². The lowest BCUT2D eigenvalue weighted by molar-refractivity contribution is -0.137. The summed E-state index contributed by atoms with van der Waals surface area (Å²) in [6, 6.07) is 9.82. The molecule has 1 heterocycles. The molecule has 0 bridgehead atoms. The first-order valence-electron chi connectivity index (χ1n) is 5.42. The third kappa shape index (κ3) is 2.96. The van der Waals surface area contributed by atoms with Crippen molar-refractivity contribution in [3.05, 3.63) is 35.9 Å². The van der Waals surface area contributed by atoms with Gasteiger partial charge >= 0.3 is 5.97 Å². The third-order valence-electron chi connectivity index (χ3n) is 2.72. The summed E-state index contributed by atoms with van der Waals surface area (Å²) in [5, 5.41) is 20.2. The molecular formula is C12H13N3O2. The van der Waals surface area contributed by atoms with Crippen LogP contribution in [-0.2, 0) is 11.2 Å². The van der Waals surface area contributed by atoms with E-state index in [9.17, 15) is 4.79 Å². The van der Waals surface area contributed by atoms with Gasteiger partial charge in [-0.25, -0.2) is 0 Å². The van der Waals surface area contributed by atoms with Crippen molar-refractivity contribution in [2.24, 2.45) is 15.4 Å². The Hall–Kier alpha value is -2.04. The van der Waals surface area contributed by atoms with E-state index in [0.29, 0.717) is 12.8 Å². The Bertz CT molecular complexity index is 442. The normalized spacial score (nSPS) is 21.9. The van der Waals surface area contributed by atoms with Crippen molar-refractivity contribution in [3.8, 4) is 0 Å². The molecule has 0 spiro atoms. The number of carboxylic acid groups (broad SMARTS) is 1. The Morgan fingerprint density at radius 2 is 2.06 bits per heavy atom. The summed E-state index contributed by atoms with van der Waals surface area (Å²) in [6.45, 7) is 0. The molecule has 5 heteroatoms. The van der Waals surface area contributed by atoms with E-state index in [1.807, 2.05) is 30.3 Å². The highest BCUT2D eigenvalue weighted by atomic mass is 16.4. The number of hydrogen-bond acceptors (Lipinski definition) is 4. The Labute approximate surface area is 98.9 Å². The van der Waals surface area contributed by atoms with E-state index in [1.54, 1.807) is 6.21 Å². The summed E-state index contributed by atoms with van der Waals surface area (Å²) in [5.74, 6) is -0.826. The monoisotopic (exact) mass is 231 g/mol. The Morgan fingerprint density at radius 1 is 1.29 bits per heavy atom. The molecule has 1 aromatic carbocycles. The van der Waals surface area contributed by atoms with Crippen LogP contribution < -0.4 is 0 Å². The summed E-state index contributed by atoms with van der Waals surface area (Å²) < 4.78 is 0. The van der Waals surface area contributed by atoms with Gasteiger partial charge in [-0.05, 0) is 17.2 Å². The zero-order valence-corrected chi connectivity index (χ0v) is 9.28. The fourth-order valence-electron chi connectivity index (χ4n) is 1.83. The van der Waals surface area contributed by atoms with Crippen molar-refractivity contribution in [2.45, 2.75) is 24.8 Å². The highest BCUT2D eigenvalue weighted by Gasteiger charge is 2.31. The van der Waals surface area contributed by atoms with Crippen molar-refractivity contribution < 1.29 is 9.90 Å². The zero-order chi connectivity index (χ0) is 12.1. The molecule has 0 fully saturated rings. The molecule has 1 N–H and O–H groups in total. The second kappa shape index (κ2) is 4.86. The Morgan fingerprint density at radius 3 is 2.65 bits per heavy atom. The van der Waals surface area contributed by atoms with Crippen LogP contribution in [0.5, 0.6) is 0 Å². The number of hydrogen-bond donors (Lipinski definition) is 1. The van der Waals surface area contributed by atoms with Crippen LogP contribution in [-0.4, -0.2) is 22.8 Å². The largest absolute Gasteiger partial charge is 0.481 e. The van der Waals surface area contributed by atoms with Crippen molar-refractivity contribution in [1.82, 2.24) is 0 Å². The van der Waals surface area contributed by atoms with Crippen LogP contribution in [0.2, 0.25) is 0 Å². The first kappa shape index (κ1) is 11.4. The van der Waals surface area contributed by atoms with Crippen molar-refractivity contribution >= 4 is 12.2 Å². The van der Waals surface area contributed by atoms with E-state index >= 15 is 0 Å². The summed E-state index contributed by atoms with van der Waals surface area (Å²) >= 11 is 0. The Balaban J connectivity index is 2.10. The smallest absolute Gasteiger partial charge is 0.303 e. The van der Waals surface area contributed by atoms with Gasteiger partial charge in [-0.2, -0.15) is 5.11 Å². The van der Waals surface area contributed by atoms with Crippen LogP contribution in [0.25, 0.3) is 0 Å². The van der Waals surface area contributed by atoms with Gasteiger partial charge in [0.25, 0.3) is 0 Å². The van der Waals surface area contributed by atoms with Crippen molar-refractivity contribution in [1.29, 1.82) is 0 Å². The van der Waals surface area contributed by atoms with Crippen molar-refractivity contribution in [3.63, 3.8) is 0 Å². The molecular weight excluding hydrogens is 218 g/mol. The van der Waals surface area contributed by atoms with Crippen LogP contribution in [0.15, 0.2) is 45.8 Å². The zero-order valence-electron chi connectivity index (χ0n) is 9.28. The number of aliphatic carboxylic acids is 1. The molecule has 0 aliphatic carbocycles.